The maximum atomic E-state index is 11.9. The number of nitrogen functional groups attached to an aromatic ring is 1. The first-order valence-corrected chi connectivity index (χ1v) is 6.30. The maximum Gasteiger partial charge on any atom is 0.356 e. The first-order valence-electron chi connectivity index (χ1n) is 6.30. The van der Waals surface area contributed by atoms with Gasteiger partial charge in [0.25, 0.3) is 0 Å². The summed E-state index contributed by atoms with van der Waals surface area (Å²) in [5.41, 5.74) is 6.48. The van der Waals surface area contributed by atoms with Crippen LogP contribution in [0.4, 0.5) is 11.5 Å². The van der Waals surface area contributed by atoms with Crippen molar-refractivity contribution in [2.24, 2.45) is 0 Å². The van der Waals surface area contributed by atoms with E-state index in [0.29, 0.717) is 12.4 Å². The third-order valence-electron chi connectivity index (χ3n) is 2.90. The number of carboxylic acids is 1. The second-order valence-electron chi connectivity index (χ2n) is 4.47. The van der Waals surface area contributed by atoms with Gasteiger partial charge in [-0.3, -0.25) is 14.2 Å². The summed E-state index contributed by atoms with van der Waals surface area (Å²) in [4.78, 5) is 23.1. The van der Waals surface area contributed by atoms with Gasteiger partial charge in [-0.1, -0.05) is 0 Å². The lowest BCUT2D eigenvalue weighted by molar-refractivity contribution is -0.116. The average molecular weight is 292 g/mol. The van der Waals surface area contributed by atoms with Crippen molar-refractivity contribution in [2.45, 2.75) is 26.9 Å². The molecule has 0 aliphatic carbocycles. The molecule has 9 nitrogen and oxygen atoms in total. The molecule has 0 saturated heterocycles. The van der Waals surface area contributed by atoms with Gasteiger partial charge in [0.15, 0.2) is 5.69 Å². The van der Waals surface area contributed by atoms with Gasteiger partial charge in [-0.15, -0.1) is 0 Å². The van der Waals surface area contributed by atoms with E-state index in [1.54, 1.807) is 20.0 Å². The van der Waals surface area contributed by atoms with Crippen molar-refractivity contribution in [3.8, 4) is 0 Å². The number of carbonyl (C=O) groups excluding carboxylic acids is 1. The van der Waals surface area contributed by atoms with E-state index < -0.39 is 11.9 Å². The molecule has 0 fully saturated rings. The minimum Gasteiger partial charge on any atom is -0.476 e. The molecule has 4 N–H and O–H groups in total. The quantitative estimate of drug-likeness (QED) is 0.728. The Balaban J connectivity index is 2.13. The van der Waals surface area contributed by atoms with Crippen molar-refractivity contribution in [1.82, 2.24) is 19.6 Å². The molecular weight excluding hydrogens is 276 g/mol. The zero-order valence-corrected chi connectivity index (χ0v) is 11.7. The fourth-order valence-electron chi connectivity index (χ4n) is 1.90. The zero-order valence-electron chi connectivity index (χ0n) is 11.7. The standard InChI is InChI=1S/C12H16N6O3/c1-3-18-10(12(20)21)8(4-14-18)15-9(19)6-17-5-7(2)11(13)16-17/h4-5H,3,6H2,1-2H3,(H2,13,16)(H,15,19)(H,20,21). The van der Waals surface area contributed by atoms with Gasteiger partial charge in [0.2, 0.25) is 5.91 Å². The van der Waals surface area contributed by atoms with E-state index >= 15 is 0 Å². The number of aromatic carboxylic acids is 1. The molecule has 2 aromatic rings. The SMILES string of the molecule is CCn1ncc(NC(=O)Cn2cc(C)c(N)n2)c1C(=O)O. The Morgan fingerprint density at radius 2 is 2.19 bits per heavy atom. The molecule has 0 aliphatic heterocycles. The molecule has 0 aliphatic rings. The minimum absolute atomic E-state index is 0.0537. The van der Waals surface area contributed by atoms with E-state index in [9.17, 15) is 9.59 Å². The van der Waals surface area contributed by atoms with Crippen molar-refractivity contribution in [1.29, 1.82) is 0 Å². The summed E-state index contributed by atoms with van der Waals surface area (Å²) in [6.07, 6.45) is 2.95. The molecule has 9 heteroatoms. The number of hydrogen-bond acceptors (Lipinski definition) is 5. The van der Waals surface area contributed by atoms with Crippen LogP contribution < -0.4 is 11.1 Å². The molecule has 21 heavy (non-hydrogen) atoms. The van der Waals surface area contributed by atoms with Gasteiger partial charge in [0.05, 0.1) is 11.9 Å². The van der Waals surface area contributed by atoms with Gasteiger partial charge in [0.1, 0.15) is 12.4 Å². The number of amides is 1. The van der Waals surface area contributed by atoms with Crippen LogP contribution in [0.5, 0.6) is 0 Å². The van der Waals surface area contributed by atoms with E-state index in [-0.39, 0.29) is 17.9 Å². The lowest BCUT2D eigenvalue weighted by Gasteiger charge is -2.05. The fraction of sp³-hybridized carbons (Fsp3) is 0.333. The Kier molecular flexibility index (Phi) is 3.92. The van der Waals surface area contributed by atoms with E-state index in [2.05, 4.69) is 15.5 Å². The van der Waals surface area contributed by atoms with Crippen LogP contribution in [-0.2, 0) is 17.9 Å². The minimum atomic E-state index is -1.15. The summed E-state index contributed by atoms with van der Waals surface area (Å²) in [5, 5.41) is 19.6. The monoisotopic (exact) mass is 292 g/mol. The second kappa shape index (κ2) is 5.65. The topological polar surface area (TPSA) is 128 Å². The van der Waals surface area contributed by atoms with Gasteiger partial charge in [-0.2, -0.15) is 10.2 Å². The van der Waals surface area contributed by atoms with Crippen LogP contribution in [0.15, 0.2) is 12.4 Å². The van der Waals surface area contributed by atoms with Gasteiger partial charge in [-0.25, -0.2) is 4.79 Å². The molecule has 0 aromatic carbocycles. The fourth-order valence-corrected chi connectivity index (χ4v) is 1.90. The first kappa shape index (κ1) is 14.6. The van der Waals surface area contributed by atoms with Crippen LogP contribution in [0.1, 0.15) is 23.0 Å². The molecule has 0 atom stereocenters. The molecule has 2 rings (SSSR count). The number of nitrogens with zero attached hydrogens (tertiary/aromatic N) is 4. The van der Waals surface area contributed by atoms with Crippen LogP contribution in [-0.4, -0.2) is 36.5 Å². The number of carbonyl (C=O) groups is 2. The lowest BCUT2D eigenvalue weighted by atomic mass is 10.3. The number of nitrogens with one attached hydrogen (secondary N) is 1. The highest BCUT2D eigenvalue weighted by Gasteiger charge is 2.19. The van der Waals surface area contributed by atoms with Crippen LogP contribution in [0.3, 0.4) is 0 Å². The highest BCUT2D eigenvalue weighted by atomic mass is 16.4. The summed E-state index contributed by atoms with van der Waals surface area (Å²) in [6, 6.07) is 0. The predicted molar refractivity (Wildman–Crippen MR) is 74.9 cm³/mol. The Bertz CT molecular complexity index is 668. The van der Waals surface area contributed by atoms with E-state index in [1.807, 2.05) is 0 Å². The summed E-state index contributed by atoms with van der Waals surface area (Å²) >= 11 is 0. The molecule has 0 unspecified atom stereocenters. The molecule has 1 amide bonds. The molecule has 0 bridgehead atoms. The molecule has 112 valence electrons. The first-order chi connectivity index (χ1) is 9.92. The van der Waals surface area contributed by atoms with Crippen molar-refractivity contribution in [3.05, 3.63) is 23.7 Å². The molecule has 2 aromatic heterocycles. The normalized spacial score (nSPS) is 10.6. The van der Waals surface area contributed by atoms with Crippen molar-refractivity contribution >= 4 is 23.4 Å². The Morgan fingerprint density at radius 1 is 1.48 bits per heavy atom. The number of rotatable bonds is 5. The lowest BCUT2D eigenvalue weighted by Crippen LogP contribution is -2.21. The predicted octanol–water partition coefficient (Wildman–Crippen LogP) is 0.327. The molecule has 0 saturated carbocycles. The largest absolute Gasteiger partial charge is 0.476 e. The summed E-state index contributed by atoms with van der Waals surface area (Å²) in [7, 11) is 0. The maximum absolute atomic E-state index is 11.9. The second-order valence-corrected chi connectivity index (χ2v) is 4.47. The highest BCUT2D eigenvalue weighted by molar-refractivity contribution is 5.99. The van der Waals surface area contributed by atoms with Crippen molar-refractivity contribution in [2.75, 3.05) is 11.1 Å². The van der Waals surface area contributed by atoms with E-state index in [0.717, 1.165) is 5.56 Å². The smallest absolute Gasteiger partial charge is 0.356 e. The Morgan fingerprint density at radius 3 is 2.71 bits per heavy atom. The van der Waals surface area contributed by atoms with Gasteiger partial charge in [0, 0.05) is 18.3 Å². The molecular formula is C12H16N6O3. The molecule has 2 heterocycles. The van der Waals surface area contributed by atoms with Crippen LogP contribution >= 0.6 is 0 Å². The van der Waals surface area contributed by atoms with Crippen LogP contribution in [0.2, 0.25) is 0 Å². The van der Waals surface area contributed by atoms with Crippen LogP contribution in [0, 0.1) is 6.92 Å². The van der Waals surface area contributed by atoms with Crippen molar-refractivity contribution in [3.63, 3.8) is 0 Å². The number of anilines is 2. The summed E-state index contributed by atoms with van der Waals surface area (Å²) in [5.74, 6) is -1.20. The number of hydrogen-bond donors (Lipinski definition) is 3. The van der Waals surface area contributed by atoms with Gasteiger partial charge < -0.3 is 16.2 Å². The molecule has 0 radical (unpaired) electrons. The Labute approximate surface area is 120 Å². The zero-order chi connectivity index (χ0) is 15.6. The number of aryl methyl sites for hydroxylation is 2. The van der Waals surface area contributed by atoms with Crippen LogP contribution in [0.25, 0.3) is 0 Å². The number of nitrogens with two attached hydrogens (primary N) is 1. The van der Waals surface area contributed by atoms with E-state index in [1.165, 1.54) is 15.6 Å². The summed E-state index contributed by atoms with van der Waals surface area (Å²) < 4.78 is 2.69. The highest BCUT2D eigenvalue weighted by Crippen LogP contribution is 2.15. The number of aromatic nitrogens is 4. The Hall–Kier alpha value is -2.84. The van der Waals surface area contributed by atoms with Gasteiger partial charge in [-0.05, 0) is 13.8 Å². The number of carboxylic acid groups (broad SMARTS) is 1. The molecule has 0 spiro atoms. The summed E-state index contributed by atoms with van der Waals surface area (Å²) in [6.45, 7) is 3.88. The third-order valence-corrected chi connectivity index (χ3v) is 2.90. The van der Waals surface area contributed by atoms with Crippen molar-refractivity contribution < 1.29 is 14.7 Å². The van der Waals surface area contributed by atoms with E-state index in [4.69, 9.17) is 10.8 Å². The van der Waals surface area contributed by atoms with Gasteiger partial charge >= 0.3 is 5.97 Å². The average Bonchev–Trinajstić information content (AvgIpc) is 2.93. The third kappa shape index (κ3) is 3.02.